The summed E-state index contributed by atoms with van der Waals surface area (Å²) in [5, 5.41) is 12.4. The van der Waals surface area contributed by atoms with Crippen LogP contribution in [0.25, 0.3) is 0 Å². The van der Waals surface area contributed by atoms with Crippen molar-refractivity contribution in [3.8, 4) is 0 Å². The molecule has 0 radical (unpaired) electrons. The lowest BCUT2D eigenvalue weighted by Gasteiger charge is -2.22. The first-order valence-electron chi connectivity index (χ1n) is 6.04. The third-order valence-electron chi connectivity index (χ3n) is 3.60. The number of rotatable bonds is 3. The van der Waals surface area contributed by atoms with E-state index in [4.69, 9.17) is 15.6 Å². The first kappa shape index (κ1) is 11.3. The Labute approximate surface area is 104 Å². The number of fused-ring (bicyclic) bond motifs is 2. The van der Waals surface area contributed by atoms with Crippen molar-refractivity contribution in [1.82, 2.24) is 4.98 Å². The number of pyridine rings is 1. The zero-order chi connectivity index (χ0) is 12.7. The zero-order valence-electron chi connectivity index (χ0n) is 9.80. The van der Waals surface area contributed by atoms with Crippen LogP contribution in [0.4, 0.5) is 11.5 Å². The summed E-state index contributed by atoms with van der Waals surface area (Å²) < 4.78 is 5.73. The molecule has 0 amide bonds. The van der Waals surface area contributed by atoms with Crippen LogP contribution in [-0.2, 0) is 4.74 Å². The van der Waals surface area contributed by atoms with E-state index in [9.17, 15) is 4.79 Å². The van der Waals surface area contributed by atoms with Crippen LogP contribution in [0.3, 0.4) is 0 Å². The molecule has 3 heterocycles. The Hall–Kier alpha value is -1.82. The van der Waals surface area contributed by atoms with Crippen LogP contribution in [0, 0.1) is 0 Å². The topological polar surface area (TPSA) is 97.5 Å². The Balaban J connectivity index is 1.82. The van der Waals surface area contributed by atoms with Crippen molar-refractivity contribution in [2.45, 2.75) is 37.5 Å². The molecule has 6 heteroatoms. The molecular weight excluding hydrogens is 234 g/mol. The van der Waals surface area contributed by atoms with Crippen molar-refractivity contribution in [3.63, 3.8) is 0 Å². The molecule has 3 rings (SSSR count). The molecule has 6 nitrogen and oxygen atoms in total. The van der Waals surface area contributed by atoms with Gasteiger partial charge in [-0.25, -0.2) is 9.78 Å². The third-order valence-corrected chi connectivity index (χ3v) is 3.60. The Morgan fingerprint density at radius 3 is 3.00 bits per heavy atom. The van der Waals surface area contributed by atoms with E-state index in [-0.39, 0.29) is 23.5 Å². The molecule has 1 aromatic rings. The van der Waals surface area contributed by atoms with Crippen molar-refractivity contribution in [3.05, 3.63) is 17.8 Å². The number of nitrogens with zero attached hydrogens (tertiary/aromatic N) is 1. The number of carboxylic acid groups (broad SMARTS) is 1. The number of carbonyl (C=O) groups is 1. The predicted molar refractivity (Wildman–Crippen MR) is 65.5 cm³/mol. The molecule has 0 aromatic carbocycles. The maximum atomic E-state index is 11.2. The lowest BCUT2D eigenvalue weighted by molar-refractivity contribution is 0.0697. The van der Waals surface area contributed by atoms with Gasteiger partial charge in [-0.15, -0.1) is 0 Å². The number of hydrogen-bond donors (Lipinski definition) is 3. The molecule has 2 saturated heterocycles. The van der Waals surface area contributed by atoms with E-state index >= 15 is 0 Å². The van der Waals surface area contributed by atoms with E-state index in [1.165, 1.54) is 12.3 Å². The van der Waals surface area contributed by atoms with Gasteiger partial charge in [0.25, 0.3) is 0 Å². The van der Waals surface area contributed by atoms with Gasteiger partial charge in [0.15, 0.2) is 0 Å². The smallest absolute Gasteiger partial charge is 0.337 e. The summed E-state index contributed by atoms with van der Waals surface area (Å²) in [5.74, 6) is -0.794. The number of hydrogen-bond acceptors (Lipinski definition) is 5. The highest BCUT2D eigenvalue weighted by molar-refractivity contribution is 5.94. The number of nitrogen functional groups attached to an aromatic ring is 1. The summed E-state index contributed by atoms with van der Waals surface area (Å²) in [7, 11) is 0. The molecule has 0 aliphatic carbocycles. The summed E-state index contributed by atoms with van der Waals surface area (Å²) >= 11 is 0. The molecule has 2 aliphatic rings. The molecule has 2 fully saturated rings. The van der Waals surface area contributed by atoms with Crippen molar-refractivity contribution in [1.29, 1.82) is 0 Å². The van der Waals surface area contributed by atoms with Crippen LogP contribution in [0.15, 0.2) is 12.3 Å². The summed E-state index contributed by atoms with van der Waals surface area (Å²) in [6.45, 7) is 0. The largest absolute Gasteiger partial charge is 0.478 e. The van der Waals surface area contributed by atoms with E-state index in [2.05, 4.69) is 10.3 Å². The molecule has 18 heavy (non-hydrogen) atoms. The molecule has 1 aromatic heterocycles. The first-order valence-corrected chi connectivity index (χ1v) is 6.04. The molecule has 96 valence electrons. The lowest BCUT2D eigenvalue weighted by atomic mass is 9.95. The number of aromatic carboxylic acids is 1. The number of carboxylic acids is 1. The van der Waals surface area contributed by atoms with E-state index < -0.39 is 5.97 Å². The minimum absolute atomic E-state index is 0.158. The Kier molecular flexibility index (Phi) is 2.59. The van der Waals surface area contributed by atoms with Gasteiger partial charge in [0.05, 0.1) is 35.7 Å². The Morgan fingerprint density at radius 1 is 1.56 bits per heavy atom. The van der Waals surface area contributed by atoms with Crippen molar-refractivity contribution in [2.24, 2.45) is 0 Å². The second-order valence-corrected chi connectivity index (χ2v) is 4.82. The maximum Gasteiger partial charge on any atom is 0.337 e. The number of nitrogens with two attached hydrogens (primary N) is 1. The molecule has 0 spiro atoms. The fraction of sp³-hybridized carbons (Fsp3) is 0.500. The molecule has 2 bridgehead atoms. The molecular formula is C12H15N3O3. The monoisotopic (exact) mass is 249 g/mol. The molecule has 0 saturated carbocycles. The molecule has 3 unspecified atom stereocenters. The lowest BCUT2D eigenvalue weighted by Crippen LogP contribution is -2.31. The molecule has 4 N–H and O–H groups in total. The van der Waals surface area contributed by atoms with E-state index in [1.54, 1.807) is 0 Å². The second-order valence-electron chi connectivity index (χ2n) is 4.82. The van der Waals surface area contributed by atoms with Crippen molar-refractivity contribution < 1.29 is 14.6 Å². The van der Waals surface area contributed by atoms with Crippen LogP contribution in [0.5, 0.6) is 0 Å². The van der Waals surface area contributed by atoms with E-state index in [1.807, 2.05) is 0 Å². The van der Waals surface area contributed by atoms with Crippen LogP contribution in [-0.4, -0.2) is 34.3 Å². The Bertz CT molecular complexity index is 491. The van der Waals surface area contributed by atoms with Gasteiger partial charge >= 0.3 is 5.97 Å². The molecule has 2 aliphatic heterocycles. The highest BCUT2D eigenvalue weighted by atomic mass is 16.5. The minimum Gasteiger partial charge on any atom is -0.478 e. The van der Waals surface area contributed by atoms with Gasteiger partial charge < -0.3 is 20.9 Å². The minimum atomic E-state index is -1.00. The van der Waals surface area contributed by atoms with Crippen LogP contribution in [0.2, 0.25) is 0 Å². The molecule has 3 atom stereocenters. The quantitative estimate of drug-likeness (QED) is 0.742. The number of nitrogens with one attached hydrogen (secondary N) is 1. The average Bonchev–Trinajstić information content (AvgIpc) is 2.93. The van der Waals surface area contributed by atoms with Gasteiger partial charge in [-0.1, -0.05) is 0 Å². The standard InChI is InChI=1S/C12H15N3O3/c13-11-4-7(12(16)17)9(5-14-11)15-8-3-6-1-2-10(8)18-6/h4-6,8,10,15H,1-3H2,(H2,13,14)(H,16,17). The van der Waals surface area contributed by atoms with Crippen molar-refractivity contribution in [2.75, 3.05) is 11.1 Å². The van der Waals surface area contributed by atoms with Gasteiger partial charge in [-0.2, -0.15) is 0 Å². The Morgan fingerprint density at radius 2 is 2.39 bits per heavy atom. The normalized spacial score (nSPS) is 29.4. The summed E-state index contributed by atoms with van der Waals surface area (Å²) in [6, 6.07) is 1.55. The van der Waals surface area contributed by atoms with Crippen LogP contribution < -0.4 is 11.1 Å². The van der Waals surface area contributed by atoms with Crippen LogP contribution >= 0.6 is 0 Å². The van der Waals surface area contributed by atoms with Gasteiger partial charge in [-0.05, 0) is 25.3 Å². The van der Waals surface area contributed by atoms with E-state index in [0.29, 0.717) is 11.8 Å². The maximum absolute atomic E-state index is 11.2. The number of aromatic nitrogens is 1. The van der Waals surface area contributed by atoms with Gasteiger partial charge in [-0.3, -0.25) is 0 Å². The number of ether oxygens (including phenoxy) is 1. The highest BCUT2D eigenvalue weighted by Crippen LogP contribution is 2.36. The number of anilines is 2. The van der Waals surface area contributed by atoms with Crippen molar-refractivity contribution >= 4 is 17.5 Å². The first-order chi connectivity index (χ1) is 8.63. The second kappa shape index (κ2) is 4.13. The highest BCUT2D eigenvalue weighted by Gasteiger charge is 2.41. The van der Waals surface area contributed by atoms with Crippen LogP contribution in [0.1, 0.15) is 29.6 Å². The fourth-order valence-electron chi connectivity index (χ4n) is 2.75. The third kappa shape index (κ3) is 1.88. The zero-order valence-corrected chi connectivity index (χ0v) is 9.80. The fourth-order valence-corrected chi connectivity index (χ4v) is 2.75. The average molecular weight is 249 g/mol. The predicted octanol–water partition coefficient (Wildman–Crippen LogP) is 1.09. The van der Waals surface area contributed by atoms with Gasteiger partial charge in [0, 0.05) is 0 Å². The SMILES string of the molecule is Nc1cc(C(=O)O)c(NC2CC3CCC2O3)cn1. The summed E-state index contributed by atoms with van der Waals surface area (Å²) in [4.78, 5) is 15.1. The summed E-state index contributed by atoms with van der Waals surface area (Å²) in [5.41, 5.74) is 6.18. The summed E-state index contributed by atoms with van der Waals surface area (Å²) in [6.07, 6.45) is 5.05. The van der Waals surface area contributed by atoms with Gasteiger partial charge in [0.2, 0.25) is 0 Å². The van der Waals surface area contributed by atoms with E-state index in [0.717, 1.165) is 19.3 Å². The van der Waals surface area contributed by atoms with Gasteiger partial charge in [0.1, 0.15) is 5.82 Å².